The lowest BCUT2D eigenvalue weighted by Gasteiger charge is -2.09. The fraction of sp³-hybridized carbons (Fsp3) is 0.417. The Morgan fingerprint density at radius 1 is 1.29 bits per heavy atom. The molecule has 1 aromatic carbocycles. The predicted molar refractivity (Wildman–Crippen MR) is 71.0 cm³/mol. The van der Waals surface area contributed by atoms with E-state index >= 15 is 0 Å². The van der Waals surface area contributed by atoms with Crippen LogP contribution in [0.1, 0.15) is 5.56 Å². The number of rotatable bonds is 6. The van der Waals surface area contributed by atoms with Crippen molar-refractivity contribution in [2.45, 2.75) is 6.29 Å². The monoisotopic (exact) mass is 301 g/mol. The number of benzene rings is 1. The van der Waals surface area contributed by atoms with E-state index in [0.29, 0.717) is 6.54 Å². The molecule has 0 heterocycles. The van der Waals surface area contributed by atoms with E-state index in [1.165, 1.54) is 0 Å². The number of nitrogens with zero attached hydrogens (tertiary/aromatic N) is 1. The number of aliphatic imine (C=N–C) groups is 1. The molecule has 1 rings (SSSR count). The fourth-order valence-corrected chi connectivity index (χ4v) is 1.81. The van der Waals surface area contributed by atoms with Crippen molar-refractivity contribution < 1.29 is 14.2 Å². The minimum atomic E-state index is -0.298. The van der Waals surface area contributed by atoms with Crippen LogP contribution in [0.5, 0.6) is 5.75 Å². The van der Waals surface area contributed by atoms with Crippen LogP contribution in [0, 0.1) is 0 Å². The first-order valence-electron chi connectivity index (χ1n) is 5.10. The zero-order valence-electron chi connectivity index (χ0n) is 10.1. The van der Waals surface area contributed by atoms with Crippen LogP contribution in [-0.4, -0.2) is 40.4 Å². The molecule has 0 radical (unpaired) electrons. The van der Waals surface area contributed by atoms with Crippen LogP contribution in [0.25, 0.3) is 0 Å². The van der Waals surface area contributed by atoms with Gasteiger partial charge in [0.25, 0.3) is 0 Å². The van der Waals surface area contributed by atoms with Gasteiger partial charge in [-0.15, -0.1) is 0 Å². The maximum absolute atomic E-state index is 5.15. The van der Waals surface area contributed by atoms with E-state index in [-0.39, 0.29) is 6.29 Å². The molecule has 0 aliphatic heterocycles. The lowest BCUT2D eigenvalue weighted by atomic mass is 10.2. The van der Waals surface area contributed by atoms with Gasteiger partial charge in [0.1, 0.15) is 5.75 Å². The van der Waals surface area contributed by atoms with Gasteiger partial charge in [0.15, 0.2) is 6.29 Å². The molecule has 0 spiro atoms. The molecule has 0 aliphatic carbocycles. The van der Waals surface area contributed by atoms with E-state index in [1.54, 1.807) is 27.5 Å². The van der Waals surface area contributed by atoms with Crippen molar-refractivity contribution in [1.29, 1.82) is 0 Å². The zero-order valence-corrected chi connectivity index (χ0v) is 11.7. The second-order valence-corrected chi connectivity index (χ2v) is 4.14. The van der Waals surface area contributed by atoms with Crippen molar-refractivity contribution in [2.75, 3.05) is 27.9 Å². The summed E-state index contributed by atoms with van der Waals surface area (Å²) in [4.78, 5) is 4.24. The van der Waals surface area contributed by atoms with Gasteiger partial charge in [0.2, 0.25) is 0 Å². The molecule has 5 heteroatoms. The summed E-state index contributed by atoms with van der Waals surface area (Å²) in [6, 6.07) is 5.76. The summed E-state index contributed by atoms with van der Waals surface area (Å²) in [5.41, 5.74) is 0.989. The number of hydrogen-bond donors (Lipinski definition) is 0. The van der Waals surface area contributed by atoms with E-state index in [2.05, 4.69) is 20.9 Å². The summed E-state index contributed by atoms with van der Waals surface area (Å²) in [6.07, 6.45) is 1.47. The van der Waals surface area contributed by atoms with Crippen molar-refractivity contribution in [3.05, 3.63) is 28.2 Å². The Morgan fingerprint density at radius 2 is 2.00 bits per heavy atom. The maximum atomic E-state index is 5.15. The minimum absolute atomic E-state index is 0.298. The Bertz CT molecular complexity index is 378. The average molecular weight is 302 g/mol. The van der Waals surface area contributed by atoms with Gasteiger partial charge in [-0.1, -0.05) is 0 Å². The van der Waals surface area contributed by atoms with Crippen LogP contribution in [0.2, 0.25) is 0 Å². The zero-order chi connectivity index (χ0) is 12.7. The van der Waals surface area contributed by atoms with Gasteiger partial charge in [0.05, 0.1) is 18.1 Å². The summed E-state index contributed by atoms with van der Waals surface area (Å²) in [5.74, 6) is 0.800. The molecule has 0 amide bonds. The lowest BCUT2D eigenvalue weighted by molar-refractivity contribution is -0.0936. The summed E-state index contributed by atoms with van der Waals surface area (Å²) < 4.78 is 16.1. The number of halogens is 1. The van der Waals surface area contributed by atoms with Crippen molar-refractivity contribution >= 4 is 22.1 Å². The third kappa shape index (κ3) is 4.46. The van der Waals surface area contributed by atoms with Gasteiger partial charge in [-0.2, -0.15) is 0 Å². The second-order valence-electron chi connectivity index (χ2n) is 3.29. The third-order valence-corrected chi connectivity index (χ3v) is 2.82. The van der Waals surface area contributed by atoms with Gasteiger partial charge in [-0.05, 0) is 39.7 Å². The van der Waals surface area contributed by atoms with E-state index in [9.17, 15) is 0 Å². The molecule has 1 aromatic rings. The van der Waals surface area contributed by atoms with E-state index in [0.717, 1.165) is 15.8 Å². The Hall–Kier alpha value is -0.910. The van der Waals surface area contributed by atoms with Gasteiger partial charge < -0.3 is 14.2 Å². The molecule has 0 saturated carbocycles. The first kappa shape index (κ1) is 14.2. The topological polar surface area (TPSA) is 40.0 Å². The van der Waals surface area contributed by atoms with Gasteiger partial charge in [-0.3, -0.25) is 4.99 Å². The summed E-state index contributed by atoms with van der Waals surface area (Å²) >= 11 is 3.42. The third-order valence-electron chi connectivity index (χ3n) is 2.20. The molecule has 0 saturated heterocycles. The predicted octanol–water partition coefficient (Wildman–Crippen LogP) is 2.50. The molecule has 0 unspecified atom stereocenters. The van der Waals surface area contributed by atoms with Crippen LogP contribution in [0.4, 0.5) is 0 Å². The number of methoxy groups -OCH3 is 3. The highest BCUT2D eigenvalue weighted by atomic mass is 79.9. The second kappa shape index (κ2) is 7.42. The Labute approximate surface area is 110 Å². The lowest BCUT2D eigenvalue weighted by Crippen LogP contribution is -2.16. The van der Waals surface area contributed by atoms with Crippen LogP contribution < -0.4 is 4.74 Å². The Kier molecular flexibility index (Phi) is 6.18. The van der Waals surface area contributed by atoms with Crippen molar-refractivity contribution in [3.63, 3.8) is 0 Å². The fourth-order valence-electron chi connectivity index (χ4n) is 1.25. The van der Waals surface area contributed by atoms with Gasteiger partial charge >= 0.3 is 0 Å². The molecule has 0 fully saturated rings. The normalized spacial score (nSPS) is 11.4. The molecule has 4 nitrogen and oxygen atoms in total. The first-order chi connectivity index (χ1) is 8.21. The smallest absolute Gasteiger partial charge is 0.176 e. The van der Waals surface area contributed by atoms with Crippen LogP contribution in [0.15, 0.2) is 27.7 Å². The largest absolute Gasteiger partial charge is 0.496 e. The molecule has 0 atom stereocenters. The average Bonchev–Trinajstić information content (AvgIpc) is 2.35. The molecule has 0 N–H and O–H groups in total. The Balaban J connectivity index is 2.62. The van der Waals surface area contributed by atoms with E-state index < -0.39 is 0 Å². The van der Waals surface area contributed by atoms with Gasteiger partial charge in [0, 0.05) is 20.4 Å². The molecule has 0 bridgehead atoms. The SMILES string of the molecule is COc1ccc(/C=N\CC(OC)OC)cc1Br. The quantitative estimate of drug-likeness (QED) is 0.599. The van der Waals surface area contributed by atoms with Crippen LogP contribution in [0.3, 0.4) is 0 Å². The number of ether oxygens (including phenoxy) is 3. The maximum Gasteiger partial charge on any atom is 0.176 e. The standard InChI is InChI=1S/C12H16BrNO3/c1-15-11-5-4-9(6-10(11)13)7-14-8-12(16-2)17-3/h4-7,12H,8H2,1-3H3/b14-7-. The Morgan fingerprint density at radius 3 is 2.53 bits per heavy atom. The van der Waals surface area contributed by atoms with E-state index in [4.69, 9.17) is 14.2 Å². The summed E-state index contributed by atoms with van der Waals surface area (Å²) in [6.45, 7) is 0.469. The molecular formula is C12H16BrNO3. The highest BCUT2D eigenvalue weighted by molar-refractivity contribution is 9.10. The van der Waals surface area contributed by atoms with Crippen molar-refractivity contribution in [1.82, 2.24) is 0 Å². The molecule has 94 valence electrons. The molecule has 17 heavy (non-hydrogen) atoms. The van der Waals surface area contributed by atoms with Crippen LogP contribution in [-0.2, 0) is 9.47 Å². The van der Waals surface area contributed by atoms with Gasteiger partial charge in [-0.25, -0.2) is 0 Å². The summed E-state index contributed by atoms with van der Waals surface area (Å²) in [7, 11) is 4.82. The highest BCUT2D eigenvalue weighted by Gasteiger charge is 2.02. The van der Waals surface area contributed by atoms with Crippen molar-refractivity contribution in [2.24, 2.45) is 4.99 Å². The van der Waals surface area contributed by atoms with E-state index in [1.807, 2.05) is 18.2 Å². The van der Waals surface area contributed by atoms with Crippen molar-refractivity contribution in [3.8, 4) is 5.75 Å². The number of hydrogen-bond acceptors (Lipinski definition) is 4. The highest BCUT2D eigenvalue weighted by Crippen LogP contribution is 2.24. The molecule has 0 aromatic heterocycles. The molecule has 0 aliphatic rings. The minimum Gasteiger partial charge on any atom is -0.496 e. The molecular weight excluding hydrogens is 286 g/mol. The summed E-state index contributed by atoms with van der Waals surface area (Å²) in [5, 5.41) is 0. The van der Waals surface area contributed by atoms with Crippen LogP contribution >= 0.6 is 15.9 Å². The first-order valence-corrected chi connectivity index (χ1v) is 5.89.